The van der Waals surface area contributed by atoms with Crippen LogP contribution < -0.4 is 5.11 Å². The van der Waals surface area contributed by atoms with E-state index in [1.165, 1.54) is 0 Å². The summed E-state index contributed by atoms with van der Waals surface area (Å²) >= 11 is 0. The van der Waals surface area contributed by atoms with Gasteiger partial charge in [-0.15, -0.1) is 0 Å². The number of aliphatic carboxylic acids is 2. The monoisotopic (exact) mass is 115 g/mol. The van der Waals surface area contributed by atoms with E-state index in [1.807, 2.05) is 0 Å². The molecule has 0 saturated carbocycles. The Hall–Kier alpha value is -1.32. The van der Waals surface area contributed by atoms with Gasteiger partial charge in [-0.25, -0.2) is 4.79 Å². The van der Waals surface area contributed by atoms with Gasteiger partial charge < -0.3 is 15.0 Å². The average molecular weight is 115 g/mol. The molecule has 1 N–H and O–H groups in total. The Morgan fingerprint density at radius 3 is 2.00 bits per heavy atom. The zero-order valence-corrected chi connectivity index (χ0v) is 3.83. The van der Waals surface area contributed by atoms with Crippen LogP contribution in [0, 0.1) is 0 Å². The minimum atomic E-state index is -1.51. The average Bonchev–Trinajstić information content (AvgIpc) is 1.61. The molecular formula is C4H3O4-. The molecule has 0 aromatic carbocycles. The predicted molar refractivity (Wildman–Crippen MR) is 21.8 cm³/mol. The van der Waals surface area contributed by atoms with Crippen LogP contribution >= 0.6 is 0 Å². The second kappa shape index (κ2) is 2.79. The molecule has 4 nitrogen and oxygen atoms in total. The minimum Gasteiger partial charge on any atom is -0.545 e. The summed E-state index contributed by atoms with van der Waals surface area (Å²) in [5, 5.41) is 17.2. The third kappa shape index (κ3) is 4.68. The van der Waals surface area contributed by atoms with Crippen LogP contribution in [0.25, 0.3) is 0 Å². The molecule has 44 valence electrons. The van der Waals surface area contributed by atoms with Gasteiger partial charge in [0.1, 0.15) is 0 Å². The molecule has 0 aromatic heterocycles. The molecule has 0 radical (unpaired) electrons. The van der Waals surface area contributed by atoms with Gasteiger partial charge in [-0.3, -0.25) is 0 Å². The minimum absolute atomic E-state index is 0.447. The number of carbonyl (C=O) groups excluding carboxylic acids is 1. The summed E-state index contributed by atoms with van der Waals surface area (Å²) in [6, 6.07) is 0. The molecule has 0 bridgehead atoms. The van der Waals surface area contributed by atoms with Crippen molar-refractivity contribution in [2.45, 2.75) is 0 Å². The Bertz CT molecular complexity index is 119. The second-order valence-electron chi connectivity index (χ2n) is 0.991. The van der Waals surface area contributed by atoms with Crippen LogP contribution in [-0.4, -0.2) is 17.0 Å². The van der Waals surface area contributed by atoms with E-state index in [4.69, 9.17) is 5.11 Å². The van der Waals surface area contributed by atoms with E-state index in [0.717, 1.165) is 0 Å². The Kier molecular flexibility index (Phi) is 2.33. The van der Waals surface area contributed by atoms with E-state index >= 15 is 0 Å². The topological polar surface area (TPSA) is 77.4 Å². The molecule has 0 atom stereocenters. The number of carboxylic acids is 2. The van der Waals surface area contributed by atoms with Crippen molar-refractivity contribution in [1.29, 1.82) is 0 Å². The Morgan fingerprint density at radius 1 is 1.38 bits per heavy atom. The molecule has 0 aliphatic rings. The summed E-state index contributed by atoms with van der Waals surface area (Å²) < 4.78 is 0. The van der Waals surface area contributed by atoms with E-state index in [-0.39, 0.29) is 0 Å². The fraction of sp³-hybridized carbons (Fsp3) is 0. The lowest BCUT2D eigenvalue weighted by atomic mass is 10.5. The fourth-order valence-corrected chi connectivity index (χ4v) is 0.139. The summed E-state index contributed by atoms with van der Waals surface area (Å²) in [5.41, 5.74) is 0. The van der Waals surface area contributed by atoms with Crippen LogP contribution in [0.2, 0.25) is 0 Å². The highest BCUT2D eigenvalue weighted by molar-refractivity contribution is 5.88. The Labute approximate surface area is 45.1 Å². The van der Waals surface area contributed by atoms with Crippen LogP contribution in [-0.2, 0) is 9.59 Å². The van der Waals surface area contributed by atoms with E-state index in [9.17, 15) is 14.7 Å². The van der Waals surface area contributed by atoms with Crippen molar-refractivity contribution in [1.82, 2.24) is 0 Å². The summed E-state index contributed by atoms with van der Waals surface area (Å²) in [4.78, 5) is 19.0. The van der Waals surface area contributed by atoms with Gasteiger partial charge in [0, 0.05) is 6.08 Å². The van der Waals surface area contributed by atoms with Crippen molar-refractivity contribution in [3.63, 3.8) is 0 Å². The zero-order valence-electron chi connectivity index (χ0n) is 3.83. The molecule has 0 amide bonds. The maximum atomic E-state index is 9.53. The molecule has 0 heterocycles. The lowest BCUT2D eigenvalue weighted by molar-refractivity contribution is -0.297. The summed E-state index contributed by atoms with van der Waals surface area (Å²) in [6.45, 7) is 0. The first-order chi connectivity index (χ1) is 3.63. The SMILES string of the molecule is O=C([O-])C=CC(=O)O. The highest BCUT2D eigenvalue weighted by atomic mass is 16.4. The maximum Gasteiger partial charge on any atom is 0.328 e. The first kappa shape index (κ1) is 6.68. The van der Waals surface area contributed by atoms with Crippen molar-refractivity contribution in [3.8, 4) is 0 Å². The molecule has 0 unspecified atom stereocenters. The third-order valence-electron chi connectivity index (χ3n) is 0.362. The highest BCUT2D eigenvalue weighted by Crippen LogP contribution is 1.67. The van der Waals surface area contributed by atoms with Crippen LogP contribution in [0.5, 0.6) is 0 Å². The molecule has 4 heteroatoms. The van der Waals surface area contributed by atoms with E-state index in [2.05, 4.69) is 0 Å². The lowest BCUT2D eigenvalue weighted by Crippen LogP contribution is -2.19. The third-order valence-corrected chi connectivity index (χ3v) is 0.362. The van der Waals surface area contributed by atoms with Gasteiger partial charge in [-0.1, -0.05) is 0 Å². The van der Waals surface area contributed by atoms with E-state index in [0.29, 0.717) is 12.2 Å². The maximum absolute atomic E-state index is 9.53. The normalized spacial score (nSPS) is 9.50. The molecule has 0 aliphatic heterocycles. The fourth-order valence-electron chi connectivity index (χ4n) is 0.139. The highest BCUT2D eigenvalue weighted by Gasteiger charge is 1.81. The predicted octanol–water partition coefficient (Wildman–Crippen LogP) is -1.62. The molecule has 0 aromatic rings. The van der Waals surface area contributed by atoms with Gasteiger partial charge in [-0.2, -0.15) is 0 Å². The Morgan fingerprint density at radius 2 is 1.88 bits per heavy atom. The van der Waals surface area contributed by atoms with Crippen LogP contribution in [0.1, 0.15) is 0 Å². The van der Waals surface area contributed by atoms with Crippen molar-refractivity contribution in [2.24, 2.45) is 0 Å². The summed E-state index contributed by atoms with van der Waals surface area (Å²) in [6.07, 6.45) is 0.942. The van der Waals surface area contributed by atoms with Gasteiger partial charge in [-0.05, 0) is 6.08 Å². The van der Waals surface area contributed by atoms with Crippen molar-refractivity contribution in [2.75, 3.05) is 0 Å². The van der Waals surface area contributed by atoms with Crippen LogP contribution in [0.3, 0.4) is 0 Å². The van der Waals surface area contributed by atoms with E-state index in [1.54, 1.807) is 0 Å². The van der Waals surface area contributed by atoms with E-state index < -0.39 is 11.9 Å². The molecular weight excluding hydrogens is 112 g/mol. The largest absolute Gasteiger partial charge is 0.545 e. The lowest BCUT2D eigenvalue weighted by Gasteiger charge is -1.85. The first-order valence-corrected chi connectivity index (χ1v) is 1.75. The van der Waals surface area contributed by atoms with Crippen LogP contribution in [0.15, 0.2) is 12.2 Å². The molecule has 0 saturated heterocycles. The van der Waals surface area contributed by atoms with Gasteiger partial charge in [0.15, 0.2) is 0 Å². The quantitative estimate of drug-likeness (QED) is 0.438. The number of hydrogen-bond acceptors (Lipinski definition) is 3. The molecule has 0 rings (SSSR count). The van der Waals surface area contributed by atoms with Gasteiger partial charge in [0.2, 0.25) is 0 Å². The van der Waals surface area contributed by atoms with Crippen molar-refractivity contribution >= 4 is 11.9 Å². The number of hydrogen-bond donors (Lipinski definition) is 1. The number of rotatable bonds is 2. The molecule has 0 fully saturated rings. The van der Waals surface area contributed by atoms with Gasteiger partial charge >= 0.3 is 5.97 Å². The zero-order chi connectivity index (χ0) is 6.57. The second-order valence-corrected chi connectivity index (χ2v) is 0.991. The standard InChI is InChI=1S/C4H4O4/c5-3(6)1-2-4(7)8/h1-2H,(H,5,6)(H,7,8)/p-1. The number of carboxylic acid groups (broad SMARTS) is 2. The summed E-state index contributed by atoms with van der Waals surface area (Å²) in [7, 11) is 0. The Balaban J connectivity index is 3.67. The van der Waals surface area contributed by atoms with Crippen molar-refractivity contribution < 1.29 is 19.8 Å². The first-order valence-electron chi connectivity index (χ1n) is 1.75. The number of carbonyl (C=O) groups is 2. The smallest absolute Gasteiger partial charge is 0.328 e. The molecule has 0 spiro atoms. The van der Waals surface area contributed by atoms with Gasteiger partial charge in [0.25, 0.3) is 0 Å². The van der Waals surface area contributed by atoms with Crippen LogP contribution in [0.4, 0.5) is 0 Å². The molecule has 0 aliphatic carbocycles. The summed E-state index contributed by atoms with van der Waals surface area (Å²) in [5.74, 6) is -2.80. The van der Waals surface area contributed by atoms with Gasteiger partial charge in [0.05, 0.1) is 5.97 Å². The molecule has 8 heavy (non-hydrogen) atoms. The van der Waals surface area contributed by atoms with Crippen molar-refractivity contribution in [3.05, 3.63) is 12.2 Å².